The second kappa shape index (κ2) is 9.80. The van der Waals surface area contributed by atoms with E-state index in [4.69, 9.17) is 9.15 Å². The normalized spacial score (nSPS) is 11.2. The van der Waals surface area contributed by atoms with Gasteiger partial charge in [-0.2, -0.15) is 0 Å². The molecule has 0 bridgehead atoms. The second-order valence-corrected chi connectivity index (χ2v) is 7.47. The minimum Gasteiger partial charge on any atom is -0.444 e. The van der Waals surface area contributed by atoms with Crippen LogP contribution < -0.4 is 10.9 Å². The monoisotopic (exact) mass is 484 g/mol. The van der Waals surface area contributed by atoms with E-state index in [-0.39, 0.29) is 18.4 Å². The summed E-state index contributed by atoms with van der Waals surface area (Å²) in [4.78, 5) is 27.5. The molecule has 1 heterocycles. The lowest BCUT2D eigenvalue weighted by Crippen LogP contribution is -2.13. The van der Waals surface area contributed by atoms with Crippen molar-refractivity contribution in [3.63, 3.8) is 0 Å². The molecule has 0 radical (unpaired) electrons. The highest BCUT2D eigenvalue weighted by Gasteiger charge is 2.17. The molecule has 0 aliphatic rings. The predicted molar refractivity (Wildman–Crippen MR) is 121 cm³/mol. The lowest BCUT2D eigenvalue weighted by atomic mass is 10.1. The summed E-state index contributed by atoms with van der Waals surface area (Å²) in [5.74, 6) is -6.15. The molecule has 1 aromatic heterocycles. The van der Waals surface area contributed by atoms with Gasteiger partial charge in [0, 0.05) is 35.5 Å². The molecule has 1 amide bonds. The van der Waals surface area contributed by atoms with Crippen molar-refractivity contribution >= 4 is 34.7 Å². The number of benzene rings is 3. The molecule has 3 aromatic carbocycles. The van der Waals surface area contributed by atoms with E-state index in [2.05, 4.69) is 10.3 Å². The molecular formula is C25H16F4N2O4. The molecule has 0 fully saturated rings. The molecule has 0 saturated carbocycles. The molecule has 0 aliphatic heterocycles. The first kappa shape index (κ1) is 23.7. The van der Waals surface area contributed by atoms with Gasteiger partial charge in [0.25, 0.3) is 0 Å². The Morgan fingerprint density at radius 1 is 1.00 bits per heavy atom. The summed E-state index contributed by atoms with van der Waals surface area (Å²) in [5, 5.41) is 3.27. The number of hydrogen-bond acceptors (Lipinski definition) is 5. The molecule has 6 nitrogen and oxygen atoms in total. The number of nitrogens with zero attached hydrogens (tertiary/aromatic N) is 1. The summed E-state index contributed by atoms with van der Waals surface area (Å²) >= 11 is 0. The van der Waals surface area contributed by atoms with Crippen molar-refractivity contribution in [1.29, 1.82) is 0 Å². The van der Waals surface area contributed by atoms with Crippen molar-refractivity contribution in [2.24, 2.45) is 4.99 Å². The fourth-order valence-corrected chi connectivity index (χ4v) is 3.23. The molecule has 0 atom stereocenters. The standard InChI is InChI=1S/C25H16F4N2O4/c1-13-8-22(32)35-21-9-16(6-7-17(13)21)31-25(33)34-12-14-2-4-15(5-3-14)30-11-18-23(28)19(26)10-20(27)24(18)29/h2-11H,12H2,1H3,(H,31,33). The SMILES string of the molecule is Cc1cc(=O)oc2cc(NC(=O)OCc3ccc(N=Cc4c(F)c(F)cc(F)c4F)cc3)ccc12. The number of halogens is 4. The summed E-state index contributed by atoms with van der Waals surface area (Å²) in [6.07, 6.45) is -0.0661. The molecule has 4 rings (SSSR count). The van der Waals surface area contributed by atoms with Crippen LogP contribution in [0.1, 0.15) is 16.7 Å². The Labute approximate surface area is 195 Å². The largest absolute Gasteiger partial charge is 0.444 e. The number of fused-ring (bicyclic) bond motifs is 1. The highest BCUT2D eigenvalue weighted by molar-refractivity contribution is 5.90. The molecule has 0 saturated heterocycles. The molecule has 0 unspecified atom stereocenters. The van der Waals surface area contributed by atoms with Gasteiger partial charge in [-0.3, -0.25) is 10.3 Å². The van der Waals surface area contributed by atoms with E-state index in [1.54, 1.807) is 31.2 Å². The number of hydrogen-bond donors (Lipinski definition) is 1. The fraction of sp³-hybridized carbons (Fsp3) is 0.0800. The quantitative estimate of drug-likeness (QED) is 0.159. The number of aliphatic imine (C=N–C) groups is 1. The third-order valence-corrected chi connectivity index (χ3v) is 4.99. The van der Waals surface area contributed by atoms with Crippen LogP contribution in [0.3, 0.4) is 0 Å². The summed E-state index contributed by atoms with van der Waals surface area (Å²) in [6.45, 7) is 1.67. The van der Waals surface area contributed by atoms with Gasteiger partial charge < -0.3 is 9.15 Å². The Balaban J connectivity index is 1.37. The minimum atomic E-state index is -1.55. The number of ether oxygens (including phenoxy) is 1. The van der Waals surface area contributed by atoms with Crippen molar-refractivity contribution in [2.75, 3.05) is 5.32 Å². The third-order valence-electron chi connectivity index (χ3n) is 4.99. The van der Waals surface area contributed by atoms with Crippen LogP contribution >= 0.6 is 0 Å². The Morgan fingerprint density at radius 3 is 2.37 bits per heavy atom. The Hall–Kier alpha value is -4.47. The van der Waals surface area contributed by atoms with Gasteiger partial charge in [-0.25, -0.2) is 27.2 Å². The van der Waals surface area contributed by atoms with Crippen LogP contribution in [0.4, 0.5) is 33.7 Å². The molecular weight excluding hydrogens is 468 g/mol. The highest BCUT2D eigenvalue weighted by Crippen LogP contribution is 2.22. The van der Waals surface area contributed by atoms with E-state index >= 15 is 0 Å². The number of aryl methyl sites for hydroxylation is 1. The van der Waals surface area contributed by atoms with E-state index in [0.29, 0.717) is 23.0 Å². The zero-order chi connectivity index (χ0) is 25.1. The topological polar surface area (TPSA) is 80.9 Å². The lowest BCUT2D eigenvalue weighted by molar-refractivity contribution is 0.155. The van der Waals surface area contributed by atoms with Gasteiger partial charge in [0.1, 0.15) is 12.2 Å². The zero-order valence-corrected chi connectivity index (χ0v) is 18.1. The van der Waals surface area contributed by atoms with Gasteiger partial charge in [0.05, 0.1) is 11.3 Å². The van der Waals surface area contributed by atoms with Crippen LogP contribution in [-0.4, -0.2) is 12.3 Å². The number of anilines is 1. The van der Waals surface area contributed by atoms with Crippen LogP contribution in [0.25, 0.3) is 11.0 Å². The number of carbonyl (C=O) groups excluding carboxylic acids is 1. The molecule has 4 aromatic rings. The average Bonchev–Trinajstić information content (AvgIpc) is 2.82. The summed E-state index contributed by atoms with van der Waals surface area (Å²) in [5.41, 5.74) is 0.828. The van der Waals surface area contributed by atoms with Crippen LogP contribution in [0, 0.1) is 30.2 Å². The van der Waals surface area contributed by atoms with Crippen LogP contribution in [0.5, 0.6) is 0 Å². The molecule has 0 aliphatic carbocycles. The van der Waals surface area contributed by atoms with Crippen LogP contribution in [0.15, 0.2) is 68.8 Å². The van der Waals surface area contributed by atoms with Gasteiger partial charge >= 0.3 is 11.7 Å². The number of amides is 1. The number of carbonyl (C=O) groups is 1. The first-order valence-corrected chi connectivity index (χ1v) is 10.2. The van der Waals surface area contributed by atoms with Gasteiger partial charge in [-0.1, -0.05) is 12.1 Å². The Bertz CT molecular complexity index is 1490. The third kappa shape index (κ3) is 5.37. The van der Waals surface area contributed by atoms with Crippen molar-refractivity contribution < 1.29 is 31.5 Å². The van der Waals surface area contributed by atoms with E-state index in [0.717, 1.165) is 10.9 Å². The number of nitrogens with one attached hydrogen (secondary N) is 1. The summed E-state index contributed by atoms with van der Waals surface area (Å²) in [7, 11) is 0. The highest BCUT2D eigenvalue weighted by atomic mass is 19.2. The van der Waals surface area contributed by atoms with E-state index in [9.17, 15) is 27.2 Å². The first-order valence-electron chi connectivity index (χ1n) is 10.2. The Morgan fingerprint density at radius 2 is 1.69 bits per heavy atom. The van der Waals surface area contributed by atoms with Crippen LogP contribution in [-0.2, 0) is 11.3 Å². The molecule has 0 spiro atoms. The molecule has 35 heavy (non-hydrogen) atoms. The maximum atomic E-state index is 13.7. The second-order valence-electron chi connectivity index (χ2n) is 7.47. The average molecular weight is 484 g/mol. The lowest BCUT2D eigenvalue weighted by Gasteiger charge is -2.08. The summed E-state index contributed by atoms with van der Waals surface area (Å²) in [6, 6.07) is 12.4. The maximum Gasteiger partial charge on any atom is 0.411 e. The van der Waals surface area contributed by atoms with Crippen molar-refractivity contribution in [2.45, 2.75) is 13.5 Å². The van der Waals surface area contributed by atoms with E-state index in [1.807, 2.05) is 0 Å². The van der Waals surface area contributed by atoms with E-state index in [1.165, 1.54) is 24.3 Å². The minimum absolute atomic E-state index is 0.101. The van der Waals surface area contributed by atoms with Gasteiger partial charge in [-0.15, -0.1) is 0 Å². The molecule has 178 valence electrons. The Kier molecular flexibility index (Phi) is 6.63. The van der Waals surface area contributed by atoms with Crippen molar-refractivity contribution in [1.82, 2.24) is 0 Å². The smallest absolute Gasteiger partial charge is 0.411 e. The maximum absolute atomic E-state index is 13.7. The molecule has 10 heteroatoms. The fourth-order valence-electron chi connectivity index (χ4n) is 3.23. The van der Waals surface area contributed by atoms with Gasteiger partial charge in [0.2, 0.25) is 0 Å². The zero-order valence-electron chi connectivity index (χ0n) is 18.1. The summed E-state index contributed by atoms with van der Waals surface area (Å²) < 4.78 is 64.3. The van der Waals surface area contributed by atoms with Crippen molar-refractivity contribution in [3.8, 4) is 0 Å². The first-order chi connectivity index (χ1) is 16.7. The molecule has 1 N–H and O–H groups in total. The van der Waals surface area contributed by atoms with Crippen LogP contribution in [0.2, 0.25) is 0 Å². The predicted octanol–water partition coefficient (Wildman–Crippen LogP) is 6.16. The van der Waals surface area contributed by atoms with Gasteiger partial charge in [-0.05, 0) is 42.3 Å². The number of rotatable bonds is 5. The van der Waals surface area contributed by atoms with Crippen molar-refractivity contribution in [3.05, 3.63) is 105 Å². The van der Waals surface area contributed by atoms with Gasteiger partial charge in [0.15, 0.2) is 23.3 Å². The van der Waals surface area contributed by atoms with E-state index < -0.39 is 40.6 Å².